The van der Waals surface area contributed by atoms with Crippen LogP contribution in [0.25, 0.3) is 0 Å². The first-order chi connectivity index (χ1) is 6.75. The maximum absolute atomic E-state index is 9.69. The van der Waals surface area contributed by atoms with Crippen molar-refractivity contribution >= 4 is 0 Å². The van der Waals surface area contributed by atoms with E-state index in [9.17, 15) is 5.11 Å². The normalized spacial score (nSPS) is 35.6. The van der Waals surface area contributed by atoms with Crippen LogP contribution in [-0.2, 0) is 0 Å². The number of hydrogen-bond donors (Lipinski definition) is 3. The first-order valence-electron chi connectivity index (χ1n) is 5.57. The first kappa shape index (κ1) is 10.4. The topological polar surface area (TPSA) is 55.7 Å². The molecule has 0 aromatic carbocycles. The predicted octanol–water partition coefficient (Wildman–Crippen LogP) is -0.487. The second-order valence-electron chi connectivity index (χ2n) is 4.51. The van der Waals surface area contributed by atoms with Gasteiger partial charge in [-0.2, -0.15) is 0 Å². The van der Waals surface area contributed by atoms with E-state index in [1.165, 1.54) is 6.42 Å². The van der Waals surface area contributed by atoms with Crippen LogP contribution in [0, 0.1) is 0 Å². The number of likely N-dealkylation sites (tertiary alicyclic amines) is 1. The molecule has 1 heterocycles. The Morgan fingerprint density at radius 2 is 1.86 bits per heavy atom. The van der Waals surface area contributed by atoms with E-state index in [4.69, 9.17) is 5.11 Å². The van der Waals surface area contributed by atoms with Crippen LogP contribution in [0.15, 0.2) is 0 Å². The van der Waals surface area contributed by atoms with Crippen molar-refractivity contribution in [3.8, 4) is 0 Å². The van der Waals surface area contributed by atoms with Crippen LogP contribution in [0.4, 0.5) is 0 Å². The third kappa shape index (κ3) is 2.45. The summed E-state index contributed by atoms with van der Waals surface area (Å²) in [5, 5.41) is 22.1. The minimum absolute atomic E-state index is 0.131. The van der Waals surface area contributed by atoms with Gasteiger partial charge < -0.3 is 10.2 Å². The van der Waals surface area contributed by atoms with E-state index in [-0.39, 0.29) is 18.2 Å². The molecule has 2 atom stereocenters. The van der Waals surface area contributed by atoms with Crippen molar-refractivity contribution in [3.05, 3.63) is 0 Å². The molecule has 1 saturated heterocycles. The number of β-amino-alcohol motifs (C(OH)–C–C–N with tert-alkyl or cyclic N) is 1. The van der Waals surface area contributed by atoms with Crippen LogP contribution in [0.1, 0.15) is 25.7 Å². The number of rotatable bonds is 3. The Morgan fingerprint density at radius 1 is 1.14 bits per heavy atom. The minimum atomic E-state index is -0.171. The van der Waals surface area contributed by atoms with Gasteiger partial charge in [0, 0.05) is 25.8 Å². The number of hydrogen-bond acceptors (Lipinski definition) is 4. The fourth-order valence-electron chi connectivity index (χ4n) is 2.27. The monoisotopic (exact) mass is 200 g/mol. The van der Waals surface area contributed by atoms with Crippen molar-refractivity contribution in [3.63, 3.8) is 0 Å². The van der Waals surface area contributed by atoms with Gasteiger partial charge in [0.2, 0.25) is 0 Å². The Hall–Kier alpha value is -0.160. The van der Waals surface area contributed by atoms with Crippen LogP contribution in [0.2, 0.25) is 0 Å². The van der Waals surface area contributed by atoms with Crippen molar-refractivity contribution in [1.29, 1.82) is 0 Å². The summed E-state index contributed by atoms with van der Waals surface area (Å²) < 4.78 is 0. The number of nitrogens with zero attached hydrogens (tertiary/aromatic N) is 1. The molecule has 0 aromatic rings. The second-order valence-corrected chi connectivity index (χ2v) is 4.51. The summed E-state index contributed by atoms with van der Waals surface area (Å²) in [5.41, 5.74) is 0. The fraction of sp³-hybridized carbons (Fsp3) is 1.00. The van der Waals surface area contributed by atoms with E-state index in [0.29, 0.717) is 0 Å². The molecule has 4 nitrogen and oxygen atoms in total. The molecule has 4 heteroatoms. The van der Waals surface area contributed by atoms with Gasteiger partial charge in [-0.3, -0.25) is 10.2 Å². The number of aliphatic hydroxyl groups excluding tert-OH is 2. The Morgan fingerprint density at radius 3 is 2.50 bits per heavy atom. The SMILES string of the molecule is OC1CN(CN[C@@H]2CCCCC2O)C1. The van der Waals surface area contributed by atoms with E-state index >= 15 is 0 Å². The zero-order valence-electron chi connectivity index (χ0n) is 8.52. The molecule has 2 aliphatic rings. The van der Waals surface area contributed by atoms with Crippen molar-refractivity contribution in [1.82, 2.24) is 10.2 Å². The summed E-state index contributed by atoms with van der Waals surface area (Å²) in [4.78, 5) is 2.16. The summed E-state index contributed by atoms with van der Waals surface area (Å²) in [6, 6.07) is 0.265. The molecular weight excluding hydrogens is 180 g/mol. The minimum Gasteiger partial charge on any atom is -0.392 e. The summed E-state index contributed by atoms with van der Waals surface area (Å²) in [5.74, 6) is 0. The summed E-state index contributed by atoms with van der Waals surface area (Å²) in [6.45, 7) is 2.35. The van der Waals surface area contributed by atoms with Gasteiger partial charge in [-0.25, -0.2) is 0 Å². The molecule has 0 amide bonds. The molecule has 2 rings (SSSR count). The highest BCUT2D eigenvalue weighted by atomic mass is 16.3. The van der Waals surface area contributed by atoms with Crippen LogP contribution >= 0.6 is 0 Å². The summed E-state index contributed by atoms with van der Waals surface area (Å²) >= 11 is 0. The van der Waals surface area contributed by atoms with Gasteiger partial charge in [0.15, 0.2) is 0 Å². The largest absolute Gasteiger partial charge is 0.392 e. The highest BCUT2D eigenvalue weighted by Gasteiger charge is 2.27. The molecule has 0 radical (unpaired) electrons. The Labute approximate surface area is 84.9 Å². The maximum Gasteiger partial charge on any atom is 0.0794 e. The molecule has 14 heavy (non-hydrogen) atoms. The quantitative estimate of drug-likeness (QED) is 0.575. The van der Waals surface area contributed by atoms with Crippen molar-refractivity contribution in [2.75, 3.05) is 19.8 Å². The third-order valence-corrected chi connectivity index (χ3v) is 3.24. The van der Waals surface area contributed by atoms with E-state index < -0.39 is 0 Å². The molecule has 2 fully saturated rings. The smallest absolute Gasteiger partial charge is 0.0794 e. The number of aliphatic hydroxyl groups is 2. The zero-order valence-corrected chi connectivity index (χ0v) is 8.52. The van der Waals surface area contributed by atoms with Gasteiger partial charge in [-0.15, -0.1) is 0 Å². The van der Waals surface area contributed by atoms with E-state index in [1.807, 2.05) is 0 Å². The first-order valence-corrected chi connectivity index (χ1v) is 5.57. The lowest BCUT2D eigenvalue weighted by atomic mass is 9.93. The van der Waals surface area contributed by atoms with Gasteiger partial charge >= 0.3 is 0 Å². The highest BCUT2D eigenvalue weighted by molar-refractivity contribution is 4.83. The standard InChI is InChI=1S/C10H20N2O2/c13-8-5-12(6-8)7-11-9-3-1-2-4-10(9)14/h8-11,13-14H,1-7H2/t9-,10?/m1/s1. The van der Waals surface area contributed by atoms with Crippen molar-refractivity contribution in [2.45, 2.75) is 43.9 Å². The van der Waals surface area contributed by atoms with E-state index in [0.717, 1.165) is 39.0 Å². The zero-order chi connectivity index (χ0) is 9.97. The second kappa shape index (κ2) is 4.57. The summed E-state index contributed by atoms with van der Waals surface area (Å²) in [6.07, 6.45) is 4.08. The molecule has 0 bridgehead atoms. The molecule has 1 aliphatic carbocycles. The lowest BCUT2D eigenvalue weighted by molar-refractivity contribution is -0.0109. The molecular formula is C10H20N2O2. The van der Waals surface area contributed by atoms with Gasteiger partial charge in [0.1, 0.15) is 0 Å². The van der Waals surface area contributed by atoms with Gasteiger partial charge in [0.05, 0.1) is 12.2 Å². The van der Waals surface area contributed by atoms with Crippen molar-refractivity contribution < 1.29 is 10.2 Å². The molecule has 1 unspecified atom stereocenters. The van der Waals surface area contributed by atoms with Crippen LogP contribution < -0.4 is 5.32 Å². The van der Waals surface area contributed by atoms with Crippen LogP contribution in [0.5, 0.6) is 0 Å². The predicted molar refractivity (Wildman–Crippen MR) is 53.8 cm³/mol. The molecule has 82 valence electrons. The molecule has 0 aromatic heterocycles. The molecule has 3 N–H and O–H groups in total. The van der Waals surface area contributed by atoms with E-state index in [2.05, 4.69) is 10.2 Å². The van der Waals surface area contributed by atoms with Gasteiger partial charge in [-0.1, -0.05) is 12.8 Å². The maximum atomic E-state index is 9.69. The van der Waals surface area contributed by atoms with Gasteiger partial charge in [-0.05, 0) is 12.8 Å². The Balaban J connectivity index is 1.64. The Bertz CT molecular complexity index is 183. The van der Waals surface area contributed by atoms with Crippen LogP contribution in [0.3, 0.4) is 0 Å². The van der Waals surface area contributed by atoms with Crippen LogP contribution in [-0.4, -0.2) is 53.1 Å². The molecule has 1 saturated carbocycles. The average Bonchev–Trinajstić information content (AvgIpc) is 2.13. The molecule has 0 spiro atoms. The third-order valence-electron chi connectivity index (χ3n) is 3.24. The van der Waals surface area contributed by atoms with Gasteiger partial charge in [0.25, 0.3) is 0 Å². The van der Waals surface area contributed by atoms with E-state index in [1.54, 1.807) is 0 Å². The highest BCUT2D eigenvalue weighted by Crippen LogP contribution is 2.18. The van der Waals surface area contributed by atoms with Crippen molar-refractivity contribution in [2.24, 2.45) is 0 Å². The average molecular weight is 200 g/mol. The molecule has 1 aliphatic heterocycles. The number of nitrogens with one attached hydrogen (secondary N) is 1. The summed E-state index contributed by atoms with van der Waals surface area (Å²) in [7, 11) is 0. The lowest BCUT2D eigenvalue weighted by Crippen LogP contribution is -2.56. The Kier molecular flexibility index (Phi) is 3.38. The lowest BCUT2D eigenvalue weighted by Gasteiger charge is -2.38. The fourth-order valence-corrected chi connectivity index (χ4v) is 2.27.